The first kappa shape index (κ1) is 20.0. The minimum Gasteiger partial charge on any atom is -0.392 e. The number of aliphatic hydroxyl groups is 1. The Hall–Kier alpha value is -1.73. The predicted molar refractivity (Wildman–Crippen MR) is 103 cm³/mol. The van der Waals surface area contributed by atoms with E-state index in [0.29, 0.717) is 25.1 Å². The lowest BCUT2D eigenvalue weighted by Gasteiger charge is -2.50. The van der Waals surface area contributed by atoms with E-state index < -0.39 is 0 Å². The Morgan fingerprint density at radius 2 is 2.00 bits per heavy atom. The number of likely N-dealkylation sites (tertiary alicyclic amines) is 2. The van der Waals surface area contributed by atoms with Gasteiger partial charge in [-0.25, -0.2) is 0 Å². The number of aryl methyl sites for hydroxylation is 2. The van der Waals surface area contributed by atoms with Crippen LogP contribution in [-0.2, 0) is 11.3 Å². The van der Waals surface area contributed by atoms with Crippen LogP contribution >= 0.6 is 0 Å². The van der Waals surface area contributed by atoms with Crippen molar-refractivity contribution in [2.24, 2.45) is 5.41 Å². The molecule has 1 aromatic heterocycles. The number of rotatable bonds is 4. The molecule has 0 aliphatic carbocycles. The maximum atomic E-state index is 12.8. The van der Waals surface area contributed by atoms with E-state index in [4.69, 9.17) is 0 Å². The van der Waals surface area contributed by atoms with Crippen molar-refractivity contribution < 1.29 is 14.7 Å². The summed E-state index contributed by atoms with van der Waals surface area (Å²) >= 11 is 0. The van der Waals surface area contributed by atoms with Gasteiger partial charge in [-0.05, 0) is 47.1 Å². The van der Waals surface area contributed by atoms with Gasteiger partial charge in [0.15, 0.2) is 5.78 Å². The summed E-state index contributed by atoms with van der Waals surface area (Å²) in [6.45, 7) is 8.88. The minimum atomic E-state index is -0.335. The number of aliphatic hydroxyl groups excluding tert-OH is 1. The summed E-state index contributed by atoms with van der Waals surface area (Å²) in [6.07, 6.45) is 2.71. The molecule has 27 heavy (non-hydrogen) atoms. The smallest absolute Gasteiger partial charge is 0.224 e. The van der Waals surface area contributed by atoms with Crippen LogP contribution in [0.3, 0.4) is 0 Å². The number of aromatic nitrogens is 2. The summed E-state index contributed by atoms with van der Waals surface area (Å²) < 4.78 is 1.77. The zero-order chi connectivity index (χ0) is 19.8. The van der Waals surface area contributed by atoms with Crippen LogP contribution in [0.5, 0.6) is 0 Å². The van der Waals surface area contributed by atoms with Crippen LogP contribution < -0.4 is 0 Å². The Morgan fingerprint density at radius 1 is 1.26 bits per heavy atom. The fourth-order valence-corrected chi connectivity index (χ4v) is 4.93. The summed E-state index contributed by atoms with van der Waals surface area (Å²) in [4.78, 5) is 28.8. The number of amides is 1. The molecule has 7 nitrogen and oxygen atoms in total. The van der Waals surface area contributed by atoms with Gasteiger partial charge in [0.25, 0.3) is 0 Å². The Kier molecular flexibility index (Phi) is 5.72. The molecule has 3 heterocycles. The summed E-state index contributed by atoms with van der Waals surface area (Å²) in [7, 11) is 2.09. The second-order valence-corrected chi connectivity index (χ2v) is 8.40. The molecule has 2 aliphatic rings. The maximum absolute atomic E-state index is 12.8. The van der Waals surface area contributed by atoms with Crippen LogP contribution in [0.25, 0.3) is 0 Å². The Morgan fingerprint density at radius 3 is 2.67 bits per heavy atom. The Labute approximate surface area is 161 Å². The van der Waals surface area contributed by atoms with E-state index in [0.717, 1.165) is 50.3 Å². The molecular formula is C20H32N4O3. The van der Waals surface area contributed by atoms with Crippen LogP contribution in [-0.4, -0.2) is 75.7 Å². The van der Waals surface area contributed by atoms with Crippen molar-refractivity contribution >= 4 is 11.7 Å². The van der Waals surface area contributed by atoms with E-state index in [1.807, 2.05) is 18.7 Å². The molecule has 2 saturated heterocycles. The Balaban J connectivity index is 1.65. The first-order valence-electron chi connectivity index (χ1n) is 9.93. The average Bonchev–Trinajstić information content (AvgIpc) is 2.90. The highest BCUT2D eigenvalue weighted by atomic mass is 16.3. The van der Waals surface area contributed by atoms with Crippen molar-refractivity contribution in [1.29, 1.82) is 0 Å². The van der Waals surface area contributed by atoms with E-state index in [1.54, 1.807) is 11.6 Å². The number of hydrogen-bond donors (Lipinski definition) is 1. The molecule has 1 N–H and O–H groups in total. The van der Waals surface area contributed by atoms with Crippen LogP contribution in [0.2, 0.25) is 0 Å². The van der Waals surface area contributed by atoms with Crippen LogP contribution in [0.1, 0.15) is 54.4 Å². The lowest BCUT2D eigenvalue weighted by atomic mass is 9.71. The van der Waals surface area contributed by atoms with Crippen LogP contribution in [0.15, 0.2) is 0 Å². The van der Waals surface area contributed by atoms with Crippen molar-refractivity contribution in [3.63, 3.8) is 0 Å². The van der Waals surface area contributed by atoms with Gasteiger partial charge in [0.1, 0.15) is 0 Å². The summed E-state index contributed by atoms with van der Waals surface area (Å²) in [6, 6.07) is 0. The number of nitrogens with zero attached hydrogens (tertiary/aromatic N) is 4. The molecule has 0 saturated carbocycles. The van der Waals surface area contributed by atoms with Crippen LogP contribution in [0.4, 0.5) is 0 Å². The second-order valence-electron chi connectivity index (χ2n) is 8.40. The van der Waals surface area contributed by atoms with Crippen molar-refractivity contribution in [1.82, 2.24) is 19.6 Å². The van der Waals surface area contributed by atoms with Gasteiger partial charge in [0, 0.05) is 50.3 Å². The highest BCUT2D eigenvalue weighted by molar-refractivity contribution is 5.96. The minimum absolute atomic E-state index is 0.0101. The third kappa shape index (κ3) is 3.94. The zero-order valence-electron chi connectivity index (χ0n) is 17.0. The number of Topliss-reactive ketones (excluding diaryl/α,β-unsaturated/α-hetero) is 1. The molecule has 2 fully saturated rings. The van der Waals surface area contributed by atoms with Crippen molar-refractivity contribution in [3.8, 4) is 0 Å². The third-order valence-corrected chi connectivity index (χ3v) is 6.31. The van der Waals surface area contributed by atoms with E-state index in [9.17, 15) is 14.7 Å². The van der Waals surface area contributed by atoms with E-state index >= 15 is 0 Å². The van der Waals surface area contributed by atoms with Crippen molar-refractivity contribution in [2.45, 2.75) is 59.1 Å². The highest BCUT2D eigenvalue weighted by Crippen LogP contribution is 2.38. The molecule has 7 heteroatoms. The fraction of sp³-hybridized carbons (Fsp3) is 0.750. The number of piperidine rings is 2. The third-order valence-electron chi connectivity index (χ3n) is 6.31. The molecule has 0 unspecified atom stereocenters. The number of carbonyl (C=O) groups is 2. The second kappa shape index (κ2) is 7.72. The molecule has 3 rings (SSSR count). The lowest BCUT2D eigenvalue weighted by Crippen LogP contribution is -2.59. The first-order chi connectivity index (χ1) is 12.7. The standard InChI is InChI=1S/C20H32N4O3/c1-14-19(16(3)25)15(2)24(21-14)11-7-18(27)23-9-5-8-20(13-23)12-22(4)10-6-17(20)26/h17,26H,5-13H2,1-4H3/t17-,20-/m0/s1. The predicted octanol–water partition coefficient (Wildman–Crippen LogP) is 1.40. The topological polar surface area (TPSA) is 78.7 Å². The van der Waals surface area contributed by atoms with E-state index in [-0.39, 0.29) is 23.2 Å². The van der Waals surface area contributed by atoms with Gasteiger partial charge in [0.05, 0.1) is 17.4 Å². The van der Waals surface area contributed by atoms with Gasteiger partial charge in [-0.1, -0.05) is 0 Å². The quantitative estimate of drug-likeness (QED) is 0.804. The largest absolute Gasteiger partial charge is 0.392 e. The number of carbonyl (C=O) groups excluding carboxylic acids is 2. The summed E-state index contributed by atoms with van der Waals surface area (Å²) in [5.74, 6) is 0.113. The lowest BCUT2D eigenvalue weighted by molar-refractivity contribution is -0.141. The van der Waals surface area contributed by atoms with Crippen LogP contribution in [0, 0.1) is 19.3 Å². The molecule has 2 aliphatic heterocycles. The SMILES string of the molecule is CC(=O)c1c(C)nn(CCC(=O)N2CCC[C@]3(CN(C)CC[C@@H]3O)C2)c1C. The summed E-state index contributed by atoms with van der Waals surface area (Å²) in [5.41, 5.74) is 2.01. The highest BCUT2D eigenvalue weighted by Gasteiger charge is 2.45. The molecule has 0 aromatic carbocycles. The number of ketones is 1. The zero-order valence-corrected chi connectivity index (χ0v) is 17.0. The summed E-state index contributed by atoms with van der Waals surface area (Å²) in [5, 5.41) is 15.1. The van der Waals surface area contributed by atoms with Gasteiger partial charge in [-0.2, -0.15) is 5.10 Å². The van der Waals surface area contributed by atoms with Gasteiger partial charge in [-0.15, -0.1) is 0 Å². The van der Waals surface area contributed by atoms with Gasteiger partial charge in [-0.3, -0.25) is 14.3 Å². The molecule has 1 amide bonds. The molecule has 2 atom stereocenters. The maximum Gasteiger partial charge on any atom is 0.224 e. The van der Waals surface area contributed by atoms with Gasteiger partial charge in [0.2, 0.25) is 5.91 Å². The average molecular weight is 377 g/mol. The molecular weight excluding hydrogens is 344 g/mol. The monoisotopic (exact) mass is 376 g/mol. The van der Waals surface area contributed by atoms with Crippen molar-refractivity contribution in [2.75, 3.05) is 33.2 Å². The fourth-order valence-electron chi connectivity index (χ4n) is 4.93. The van der Waals surface area contributed by atoms with E-state index in [2.05, 4.69) is 17.0 Å². The molecule has 0 radical (unpaired) electrons. The molecule has 1 spiro atoms. The molecule has 1 aromatic rings. The molecule has 150 valence electrons. The van der Waals surface area contributed by atoms with Gasteiger partial charge >= 0.3 is 0 Å². The van der Waals surface area contributed by atoms with Crippen molar-refractivity contribution in [3.05, 3.63) is 17.0 Å². The molecule has 0 bridgehead atoms. The van der Waals surface area contributed by atoms with E-state index in [1.165, 1.54) is 0 Å². The first-order valence-corrected chi connectivity index (χ1v) is 9.93. The Bertz CT molecular complexity index is 729. The normalized spacial score (nSPS) is 26.6. The van der Waals surface area contributed by atoms with Gasteiger partial charge < -0.3 is 14.9 Å². The number of hydrogen-bond acceptors (Lipinski definition) is 5.